The van der Waals surface area contributed by atoms with E-state index in [-0.39, 0.29) is 5.91 Å². The lowest BCUT2D eigenvalue weighted by Crippen LogP contribution is -2.35. The Morgan fingerprint density at radius 3 is 2.81 bits per heavy atom. The number of hydrogen-bond acceptors (Lipinski definition) is 5. The van der Waals surface area contributed by atoms with E-state index < -0.39 is 0 Å². The summed E-state index contributed by atoms with van der Waals surface area (Å²) < 4.78 is 1.81. The van der Waals surface area contributed by atoms with Crippen LogP contribution in [0.1, 0.15) is 29.8 Å². The van der Waals surface area contributed by atoms with Gasteiger partial charge in [-0.2, -0.15) is 10.4 Å². The van der Waals surface area contributed by atoms with Crippen LogP contribution in [-0.2, 0) is 18.3 Å². The van der Waals surface area contributed by atoms with E-state index in [1.54, 1.807) is 6.20 Å². The minimum atomic E-state index is 0.172. The summed E-state index contributed by atoms with van der Waals surface area (Å²) in [6.07, 6.45) is 3.82. The van der Waals surface area contributed by atoms with Crippen molar-refractivity contribution in [2.45, 2.75) is 26.2 Å². The molecule has 7 heteroatoms. The lowest BCUT2D eigenvalue weighted by Gasteiger charge is -2.24. The van der Waals surface area contributed by atoms with Gasteiger partial charge in [-0.25, -0.2) is 4.98 Å². The van der Waals surface area contributed by atoms with Crippen molar-refractivity contribution in [2.24, 2.45) is 7.05 Å². The molecule has 7 nitrogen and oxygen atoms in total. The van der Waals surface area contributed by atoms with Crippen molar-refractivity contribution in [1.82, 2.24) is 19.7 Å². The number of aromatic nitrogens is 3. The Hall–Kier alpha value is -2.88. The Bertz CT molecular complexity index is 822. The van der Waals surface area contributed by atoms with Crippen LogP contribution in [0.5, 0.6) is 0 Å². The number of aryl methyl sites for hydroxylation is 3. The molecule has 0 spiro atoms. The molecule has 0 unspecified atom stereocenters. The minimum Gasteiger partial charge on any atom is -0.354 e. The standard InChI is InChI=1S/C19H24N6O/c1-15-4-5-16(14-20)19(22-15)25-11-3-10-24(12-13-25)18(26)7-6-17-8-9-21-23(17)2/h4-5,8-9H,3,6-7,10-13H2,1-2H3. The van der Waals surface area contributed by atoms with E-state index in [4.69, 9.17) is 0 Å². The molecule has 0 N–H and O–H groups in total. The highest BCUT2D eigenvalue weighted by atomic mass is 16.2. The van der Waals surface area contributed by atoms with Crippen LogP contribution in [0.25, 0.3) is 0 Å². The van der Waals surface area contributed by atoms with Crippen LogP contribution in [0.4, 0.5) is 5.82 Å². The summed E-state index contributed by atoms with van der Waals surface area (Å²) in [5.41, 5.74) is 2.55. The number of carbonyl (C=O) groups is 1. The Balaban J connectivity index is 1.61. The Kier molecular flexibility index (Phi) is 5.52. The van der Waals surface area contributed by atoms with E-state index in [1.165, 1.54) is 0 Å². The lowest BCUT2D eigenvalue weighted by molar-refractivity contribution is -0.130. The number of amides is 1. The second-order valence-corrected chi connectivity index (χ2v) is 6.60. The summed E-state index contributed by atoms with van der Waals surface area (Å²) in [7, 11) is 1.89. The predicted octanol–water partition coefficient (Wildman–Crippen LogP) is 1.67. The van der Waals surface area contributed by atoms with Gasteiger partial charge in [0.15, 0.2) is 0 Å². The summed E-state index contributed by atoms with van der Waals surface area (Å²) in [5.74, 6) is 0.905. The maximum absolute atomic E-state index is 12.6. The third-order valence-electron chi connectivity index (χ3n) is 4.80. The van der Waals surface area contributed by atoms with E-state index in [2.05, 4.69) is 21.1 Å². The number of nitriles is 1. The van der Waals surface area contributed by atoms with Gasteiger partial charge in [-0.1, -0.05) is 0 Å². The maximum Gasteiger partial charge on any atom is 0.223 e. The highest BCUT2D eigenvalue weighted by molar-refractivity contribution is 5.76. The molecule has 0 aromatic carbocycles. The molecule has 3 heterocycles. The molecule has 3 rings (SSSR count). The molecule has 1 aliphatic heterocycles. The van der Waals surface area contributed by atoms with Gasteiger partial charge in [-0.05, 0) is 38.0 Å². The number of pyridine rings is 1. The Morgan fingerprint density at radius 2 is 2.08 bits per heavy atom. The number of rotatable bonds is 4. The van der Waals surface area contributed by atoms with Gasteiger partial charge in [0.25, 0.3) is 0 Å². The first kappa shape index (κ1) is 17.9. The maximum atomic E-state index is 12.6. The molecule has 2 aromatic heterocycles. The molecule has 0 aliphatic carbocycles. The molecule has 1 fully saturated rings. The molecule has 26 heavy (non-hydrogen) atoms. The van der Waals surface area contributed by atoms with E-state index in [0.29, 0.717) is 31.5 Å². The normalized spacial score (nSPS) is 14.8. The van der Waals surface area contributed by atoms with Crippen molar-refractivity contribution in [3.63, 3.8) is 0 Å². The first-order valence-electron chi connectivity index (χ1n) is 8.96. The average Bonchev–Trinajstić information content (AvgIpc) is 2.90. The molecule has 136 valence electrons. The molecule has 0 saturated carbocycles. The van der Waals surface area contributed by atoms with Crippen LogP contribution in [0.2, 0.25) is 0 Å². The zero-order chi connectivity index (χ0) is 18.5. The zero-order valence-electron chi connectivity index (χ0n) is 15.4. The molecule has 1 saturated heterocycles. The van der Waals surface area contributed by atoms with Gasteiger partial charge >= 0.3 is 0 Å². The van der Waals surface area contributed by atoms with Crippen molar-refractivity contribution in [3.05, 3.63) is 41.3 Å². The van der Waals surface area contributed by atoms with Crippen LogP contribution in [0.3, 0.4) is 0 Å². The van der Waals surface area contributed by atoms with Crippen LogP contribution >= 0.6 is 0 Å². The quantitative estimate of drug-likeness (QED) is 0.836. The summed E-state index contributed by atoms with van der Waals surface area (Å²) in [6, 6.07) is 7.85. The monoisotopic (exact) mass is 352 g/mol. The first-order chi connectivity index (χ1) is 12.6. The van der Waals surface area contributed by atoms with Gasteiger partial charge in [-0.3, -0.25) is 9.48 Å². The molecule has 0 bridgehead atoms. The van der Waals surface area contributed by atoms with Crippen LogP contribution in [0.15, 0.2) is 24.4 Å². The molecule has 0 atom stereocenters. The number of hydrogen-bond donors (Lipinski definition) is 0. The van der Waals surface area contributed by atoms with E-state index >= 15 is 0 Å². The summed E-state index contributed by atoms with van der Waals surface area (Å²) >= 11 is 0. The summed E-state index contributed by atoms with van der Waals surface area (Å²) in [5, 5.41) is 13.5. The average molecular weight is 352 g/mol. The summed E-state index contributed by atoms with van der Waals surface area (Å²) in [4.78, 5) is 21.2. The van der Waals surface area contributed by atoms with E-state index in [9.17, 15) is 10.1 Å². The highest BCUT2D eigenvalue weighted by Gasteiger charge is 2.21. The molecular weight excluding hydrogens is 328 g/mol. The largest absolute Gasteiger partial charge is 0.354 e. The predicted molar refractivity (Wildman–Crippen MR) is 98.6 cm³/mol. The molecule has 0 radical (unpaired) electrons. The fraction of sp³-hybridized carbons (Fsp3) is 0.474. The molecular formula is C19H24N6O. The number of carbonyl (C=O) groups excluding carboxylic acids is 1. The SMILES string of the molecule is Cc1ccc(C#N)c(N2CCCN(C(=O)CCc3ccnn3C)CC2)n1. The van der Waals surface area contributed by atoms with Gasteiger partial charge in [-0.15, -0.1) is 0 Å². The smallest absolute Gasteiger partial charge is 0.223 e. The second-order valence-electron chi connectivity index (χ2n) is 6.60. The zero-order valence-corrected chi connectivity index (χ0v) is 15.4. The topological polar surface area (TPSA) is 78.0 Å². The third kappa shape index (κ3) is 4.02. The van der Waals surface area contributed by atoms with Crippen LogP contribution < -0.4 is 4.90 Å². The van der Waals surface area contributed by atoms with E-state index in [1.807, 2.05) is 41.8 Å². The Morgan fingerprint density at radius 1 is 1.23 bits per heavy atom. The first-order valence-corrected chi connectivity index (χ1v) is 8.96. The minimum absolute atomic E-state index is 0.172. The highest BCUT2D eigenvalue weighted by Crippen LogP contribution is 2.20. The van der Waals surface area contributed by atoms with Gasteiger partial charge in [0.1, 0.15) is 11.9 Å². The fourth-order valence-corrected chi connectivity index (χ4v) is 3.29. The van der Waals surface area contributed by atoms with Crippen LogP contribution in [0, 0.1) is 18.3 Å². The second kappa shape index (κ2) is 8.00. The van der Waals surface area contributed by atoms with Crippen LogP contribution in [-0.4, -0.2) is 51.8 Å². The van der Waals surface area contributed by atoms with Crippen molar-refractivity contribution >= 4 is 11.7 Å². The van der Waals surface area contributed by atoms with Gasteiger partial charge in [0.2, 0.25) is 5.91 Å². The third-order valence-corrected chi connectivity index (χ3v) is 4.80. The van der Waals surface area contributed by atoms with Crippen molar-refractivity contribution in [1.29, 1.82) is 5.26 Å². The number of anilines is 1. The molecule has 1 aliphatic rings. The van der Waals surface area contributed by atoms with Crippen molar-refractivity contribution < 1.29 is 4.79 Å². The molecule has 2 aromatic rings. The van der Waals surface area contributed by atoms with Crippen molar-refractivity contribution in [2.75, 3.05) is 31.1 Å². The molecule has 1 amide bonds. The Labute approximate surface area is 153 Å². The van der Waals surface area contributed by atoms with Gasteiger partial charge < -0.3 is 9.80 Å². The van der Waals surface area contributed by atoms with Gasteiger partial charge in [0, 0.05) is 57.2 Å². The van der Waals surface area contributed by atoms with Gasteiger partial charge in [0.05, 0.1) is 5.56 Å². The van der Waals surface area contributed by atoms with E-state index in [0.717, 1.165) is 36.7 Å². The summed E-state index contributed by atoms with van der Waals surface area (Å²) in [6.45, 7) is 4.83. The lowest BCUT2D eigenvalue weighted by atomic mass is 10.2. The fourth-order valence-electron chi connectivity index (χ4n) is 3.29. The van der Waals surface area contributed by atoms with Crippen molar-refractivity contribution in [3.8, 4) is 6.07 Å². The number of nitrogens with zero attached hydrogens (tertiary/aromatic N) is 6.